The molecule has 23 heavy (non-hydrogen) atoms. The molecule has 0 saturated heterocycles. The maximum atomic E-state index is 6.17. The maximum absolute atomic E-state index is 6.17. The first kappa shape index (κ1) is 13.6. The van der Waals surface area contributed by atoms with E-state index in [0.717, 1.165) is 16.7 Å². The van der Waals surface area contributed by atoms with Gasteiger partial charge in [-0.05, 0) is 47.5 Å². The molecule has 4 rings (SSSR count). The Kier molecular flexibility index (Phi) is 3.52. The van der Waals surface area contributed by atoms with Gasteiger partial charge in [-0.15, -0.1) is 0 Å². The van der Waals surface area contributed by atoms with Crippen LogP contribution in [0.15, 0.2) is 78.6 Å². The second-order valence-electron chi connectivity index (χ2n) is 5.21. The zero-order valence-electron chi connectivity index (χ0n) is 12.3. The van der Waals surface area contributed by atoms with Gasteiger partial charge in [0.1, 0.15) is 6.04 Å². The van der Waals surface area contributed by atoms with E-state index in [1.165, 1.54) is 0 Å². The van der Waals surface area contributed by atoms with Gasteiger partial charge in [-0.3, -0.25) is 15.0 Å². The fourth-order valence-corrected chi connectivity index (χ4v) is 2.66. The Morgan fingerprint density at radius 3 is 1.78 bits per heavy atom. The molecule has 0 unspecified atom stereocenters. The number of hydrogen-bond donors (Lipinski definition) is 0. The van der Waals surface area contributed by atoms with E-state index in [0.29, 0.717) is 5.90 Å². The maximum Gasteiger partial charge on any atom is 0.217 e. The van der Waals surface area contributed by atoms with Crippen molar-refractivity contribution in [1.82, 2.24) is 15.0 Å². The van der Waals surface area contributed by atoms with Gasteiger partial charge in [0, 0.05) is 42.7 Å². The van der Waals surface area contributed by atoms with Crippen LogP contribution in [-0.4, -0.2) is 20.8 Å². The molecular weight excluding hydrogens is 288 g/mol. The fourth-order valence-electron chi connectivity index (χ4n) is 2.66. The van der Waals surface area contributed by atoms with E-state index in [4.69, 9.17) is 9.73 Å². The van der Waals surface area contributed by atoms with Crippen molar-refractivity contribution in [3.8, 4) is 0 Å². The first-order chi connectivity index (χ1) is 11.4. The molecule has 0 bridgehead atoms. The third-order valence-electron chi connectivity index (χ3n) is 3.79. The lowest BCUT2D eigenvalue weighted by molar-refractivity contribution is 0.197. The van der Waals surface area contributed by atoms with Gasteiger partial charge in [0.2, 0.25) is 5.90 Å². The Labute approximate surface area is 133 Å². The highest BCUT2D eigenvalue weighted by molar-refractivity contribution is 5.95. The molecule has 1 aliphatic rings. The first-order valence-corrected chi connectivity index (χ1v) is 7.36. The molecule has 5 nitrogen and oxygen atoms in total. The topological polar surface area (TPSA) is 60.3 Å². The van der Waals surface area contributed by atoms with E-state index in [1.54, 1.807) is 37.2 Å². The lowest BCUT2D eigenvalue weighted by atomic mass is 9.98. The highest BCUT2D eigenvalue weighted by Gasteiger charge is 2.34. The lowest BCUT2D eigenvalue weighted by Crippen LogP contribution is -2.09. The summed E-state index contributed by atoms with van der Waals surface area (Å²) in [5, 5.41) is 0. The van der Waals surface area contributed by atoms with E-state index < -0.39 is 0 Å². The summed E-state index contributed by atoms with van der Waals surface area (Å²) in [6, 6.07) is 11.6. The van der Waals surface area contributed by atoms with Crippen LogP contribution in [0.5, 0.6) is 0 Å². The minimum atomic E-state index is -0.177. The molecule has 0 amide bonds. The summed E-state index contributed by atoms with van der Waals surface area (Å²) in [5.74, 6) is 0.635. The van der Waals surface area contributed by atoms with Gasteiger partial charge in [-0.25, -0.2) is 4.99 Å². The summed E-state index contributed by atoms with van der Waals surface area (Å²) in [6.07, 6.45) is 10.4. The van der Waals surface area contributed by atoms with E-state index in [9.17, 15) is 0 Å². The Morgan fingerprint density at radius 1 is 0.652 bits per heavy atom. The molecule has 0 spiro atoms. The zero-order valence-corrected chi connectivity index (χ0v) is 12.3. The fraction of sp³-hybridized carbons (Fsp3) is 0.111. The Morgan fingerprint density at radius 2 is 1.17 bits per heavy atom. The van der Waals surface area contributed by atoms with Crippen molar-refractivity contribution in [2.45, 2.75) is 12.1 Å². The van der Waals surface area contributed by atoms with Crippen LogP contribution in [0.3, 0.4) is 0 Å². The molecule has 0 radical (unpaired) electrons. The van der Waals surface area contributed by atoms with E-state index in [2.05, 4.69) is 15.0 Å². The van der Waals surface area contributed by atoms with E-state index >= 15 is 0 Å². The molecule has 3 aromatic heterocycles. The molecule has 0 aromatic carbocycles. The van der Waals surface area contributed by atoms with E-state index in [-0.39, 0.29) is 12.1 Å². The minimum Gasteiger partial charge on any atom is -0.467 e. The molecule has 4 heterocycles. The van der Waals surface area contributed by atoms with Gasteiger partial charge in [-0.1, -0.05) is 0 Å². The van der Waals surface area contributed by atoms with Crippen LogP contribution in [0.25, 0.3) is 0 Å². The molecule has 3 aromatic rings. The van der Waals surface area contributed by atoms with Gasteiger partial charge in [-0.2, -0.15) is 0 Å². The van der Waals surface area contributed by atoms with Crippen LogP contribution in [0.2, 0.25) is 0 Å². The van der Waals surface area contributed by atoms with Gasteiger partial charge >= 0.3 is 0 Å². The number of aliphatic imine (C=N–C) groups is 1. The monoisotopic (exact) mass is 302 g/mol. The smallest absolute Gasteiger partial charge is 0.217 e. The SMILES string of the molecule is c1cc(C2=N[C@H](c3ccncc3)[C@@H](c3ccncc3)O2)ccn1. The van der Waals surface area contributed by atoms with Crippen molar-refractivity contribution < 1.29 is 4.74 Å². The van der Waals surface area contributed by atoms with Gasteiger partial charge < -0.3 is 4.74 Å². The van der Waals surface area contributed by atoms with Crippen molar-refractivity contribution in [2.24, 2.45) is 4.99 Å². The second kappa shape index (κ2) is 5.96. The molecular formula is C18H14N4O. The van der Waals surface area contributed by atoms with Crippen molar-refractivity contribution in [2.75, 3.05) is 0 Å². The number of hydrogen-bond acceptors (Lipinski definition) is 5. The highest BCUT2D eigenvalue weighted by atomic mass is 16.5. The average Bonchev–Trinajstić information content (AvgIpc) is 3.09. The van der Waals surface area contributed by atoms with Crippen molar-refractivity contribution in [3.63, 3.8) is 0 Å². The Hall–Kier alpha value is -3.08. The van der Waals surface area contributed by atoms with Crippen molar-refractivity contribution >= 4 is 5.90 Å². The van der Waals surface area contributed by atoms with Crippen LogP contribution < -0.4 is 0 Å². The number of aromatic nitrogens is 3. The summed E-state index contributed by atoms with van der Waals surface area (Å²) in [5.41, 5.74) is 3.05. The van der Waals surface area contributed by atoms with Gasteiger partial charge in [0.25, 0.3) is 0 Å². The summed E-state index contributed by atoms with van der Waals surface area (Å²) < 4.78 is 6.17. The number of nitrogens with zero attached hydrogens (tertiary/aromatic N) is 4. The standard InChI is InChI=1S/C18H14N4O/c1-7-19-8-2-13(1)16-17(14-3-9-20-10-4-14)23-18(22-16)15-5-11-21-12-6-15/h1-12,16-17H/t16-,17-/m1/s1. The van der Waals surface area contributed by atoms with Crippen LogP contribution in [0.1, 0.15) is 28.8 Å². The number of ether oxygens (including phenoxy) is 1. The molecule has 2 atom stereocenters. The normalized spacial score (nSPS) is 19.9. The van der Waals surface area contributed by atoms with Gasteiger partial charge in [0.15, 0.2) is 6.10 Å². The highest BCUT2D eigenvalue weighted by Crippen LogP contribution is 2.40. The minimum absolute atomic E-state index is 0.108. The average molecular weight is 302 g/mol. The van der Waals surface area contributed by atoms with Crippen molar-refractivity contribution in [1.29, 1.82) is 0 Å². The Balaban J connectivity index is 1.75. The molecule has 0 aliphatic carbocycles. The Bertz CT molecular complexity index is 806. The summed E-state index contributed by atoms with van der Waals surface area (Å²) >= 11 is 0. The van der Waals surface area contributed by atoms with Gasteiger partial charge in [0.05, 0.1) is 0 Å². The van der Waals surface area contributed by atoms with Crippen LogP contribution in [0.4, 0.5) is 0 Å². The molecule has 0 N–H and O–H groups in total. The molecule has 1 aliphatic heterocycles. The largest absolute Gasteiger partial charge is 0.467 e. The zero-order chi connectivity index (χ0) is 15.5. The predicted octanol–water partition coefficient (Wildman–Crippen LogP) is 3.13. The summed E-state index contributed by atoms with van der Waals surface area (Å²) in [4.78, 5) is 17.0. The molecule has 0 saturated carbocycles. The van der Waals surface area contributed by atoms with Crippen LogP contribution >= 0.6 is 0 Å². The lowest BCUT2D eigenvalue weighted by Gasteiger charge is -2.18. The molecule has 0 fully saturated rings. The quantitative estimate of drug-likeness (QED) is 0.746. The number of pyridine rings is 3. The van der Waals surface area contributed by atoms with Crippen molar-refractivity contribution in [3.05, 3.63) is 90.3 Å². The second-order valence-corrected chi connectivity index (χ2v) is 5.21. The molecule has 112 valence electrons. The number of rotatable bonds is 3. The molecule has 5 heteroatoms. The van der Waals surface area contributed by atoms with E-state index in [1.807, 2.05) is 36.4 Å². The third-order valence-corrected chi connectivity index (χ3v) is 3.79. The van der Waals surface area contributed by atoms with Crippen LogP contribution in [-0.2, 0) is 4.74 Å². The summed E-state index contributed by atoms with van der Waals surface area (Å²) in [7, 11) is 0. The first-order valence-electron chi connectivity index (χ1n) is 7.36. The third kappa shape index (κ3) is 2.68. The summed E-state index contributed by atoms with van der Waals surface area (Å²) in [6.45, 7) is 0. The van der Waals surface area contributed by atoms with Crippen LogP contribution in [0, 0.1) is 0 Å². The predicted molar refractivity (Wildman–Crippen MR) is 85.8 cm³/mol.